The summed E-state index contributed by atoms with van der Waals surface area (Å²) in [6.45, 7) is 1.69. The van der Waals surface area contributed by atoms with Crippen molar-refractivity contribution in [3.05, 3.63) is 76.1 Å². The number of carbonyl (C=O) groups excluding carboxylic acids is 1. The number of hydrogen-bond acceptors (Lipinski definition) is 9. The molecular formula is C30H29F4N7O5. The maximum atomic E-state index is 13.9. The lowest BCUT2D eigenvalue weighted by Gasteiger charge is -2.33. The summed E-state index contributed by atoms with van der Waals surface area (Å²) < 4.78 is 73.5. The summed E-state index contributed by atoms with van der Waals surface area (Å²) in [5.74, 6) is 0.0599. The summed E-state index contributed by atoms with van der Waals surface area (Å²) in [4.78, 5) is 33.7. The predicted octanol–water partition coefficient (Wildman–Crippen LogP) is 3.70. The van der Waals surface area contributed by atoms with Crippen molar-refractivity contribution in [2.45, 2.75) is 25.7 Å². The van der Waals surface area contributed by atoms with Gasteiger partial charge in [-0.15, -0.1) is 0 Å². The number of oxazole rings is 1. The van der Waals surface area contributed by atoms with Crippen LogP contribution >= 0.6 is 0 Å². The molecule has 16 heteroatoms. The van der Waals surface area contributed by atoms with Crippen LogP contribution in [0.2, 0.25) is 0 Å². The third kappa shape index (κ3) is 6.51. The Balaban J connectivity index is 1.02. The van der Waals surface area contributed by atoms with Gasteiger partial charge >= 0.3 is 6.18 Å². The van der Waals surface area contributed by atoms with Crippen molar-refractivity contribution in [3.8, 4) is 5.75 Å². The van der Waals surface area contributed by atoms with Crippen LogP contribution in [0.5, 0.6) is 5.75 Å². The lowest BCUT2D eigenvalue weighted by atomic mass is 10.2. The summed E-state index contributed by atoms with van der Waals surface area (Å²) in [5, 5.41) is 7.19. The highest BCUT2D eigenvalue weighted by molar-refractivity contribution is 5.81. The summed E-state index contributed by atoms with van der Waals surface area (Å²) in [6.07, 6.45) is -3.60. The molecule has 0 bridgehead atoms. The van der Waals surface area contributed by atoms with Crippen LogP contribution in [0.4, 0.5) is 23.6 Å². The van der Waals surface area contributed by atoms with Gasteiger partial charge in [0.25, 0.3) is 11.6 Å². The van der Waals surface area contributed by atoms with E-state index in [2.05, 4.69) is 15.2 Å². The highest BCUT2D eigenvalue weighted by Gasteiger charge is 2.38. The van der Waals surface area contributed by atoms with E-state index in [0.29, 0.717) is 54.6 Å². The van der Waals surface area contributed by atoms with E-state index in [1.807, 2.05) is 4.90 Å². The fourth-order valence-corrected chi connectivity index (χ4v) is 5.25. The number of aromatic nitrogens is 5. The van der Waals surface area contributed by atoms with Crippen LogP contribution in [0.1, 0.15) is 17.7 Å². The van der Waals surface area contributed by atoms with Crippen molar-refractivity contribution >= 4 is 33.9 Å². The highest BCUT2D eigenvalue weighted by atomic mass is 19.4. The van der Waals surface area contributed by atoms with Crippen LogP contribution < -0.4 is 15.2 Å². The summed E-state index contributed by atoms with van der Waals surface area (Å²) in [6, 6.07) is 11.2. The Morgan fingerprint density at radius 1 is 1.02 bits per heavy atom. The average Bonchev–Trinajstić information content (AvgIpc) is 3.64. The molecule has 1 saturated heterocycles. The summed E-state index contributed by atoms with van der Waals surface area (Å²) in [7, 11) is 1.51. The zero-order valence-electron chi connectivity index (χ0n) is 24.7. The molecule has 12 nitrogen and oxygen atoms in total. The largest absolute Gasteiger partial charge is 0.497 e. The molecule has 46 heavy (non-hydrogen) atoms. The van der Waals surface area contributed by atoms with Crippen LogP contribution in [0.25, 0.3) is 22.0 Å². The molecule has 0 aliphatic carbocycles. The van der Waals surface area contributed by atoms with Gasteiger partial charge in [-0.25, -0.2) is 9.07 Å². The van der Waals surface area contributed by atoms with E-state index < -0.39 is 28.6 Å². The van der Waals surface area contributed by atoms with Crippen molar-refractivity contribution in [1.29, 1.82) is 0 Å². The summed E-state index contributed by atoms with van der Waals surface area (Å²) >= 11 is 0. The van der Waals surface area contributed by atoms with Gasteiger partial charge in [-0.05, 0) is 29.8 Å². The molecule has 0 N–H and O–H groups in total. The molecule has 1 aliphatic rings. The van der Waals surface area contributed by atoms with Crippen molar-refractivity contribution < 1.29 is 36.2 Å². The first-order valence-electron chi connectivity index (χ1n) is 14.4. The van der Waals surface area contributed by atoms with Crippen LogP contribution in [0.15, 0.2) is 57.9 Å². The SMILES string of the molecule is COc1ccc(Cn2ncc3c(c(C(F)(F)F)nn3CCOCCC(=O)N3CCN(c4nc5cc(F)ccc5o4)CC3)c2=O)cc1. The fourth-order valence-electron chi connectivity index (χ4n) is 5.25. The van der Waals surface area contributed by atoms with Gasteiger partial charge in [0.15, 0.2) is 11.3 Å². The fraction of sp³-hybridized carbons (Fsp3) is 0.367. The number of fused-ring (bicyclic) bond motifs is 2. The Morgan fingerprint density at radius 2 is 1.78 bits per heavy atom. The molecule has 1 amide bonds. The van der Waals surface area contributed by atoms with Gasteiger partial charge in [0.2, 0.25) is 5.91 Å². The minimum absolute atomic E-state index is 0.0363. The first-order valence-corrected chi connectivity index (χ1v) is 14.4. The molecule has 0 unspecified atom stereocenters. The molecule has 4 heterocycles. The maximum Gasteiger partial charge on any atom is 0.435 e. The van der Waals surface area contributed by atoms with Crippen LogP contribution in [0.3, 0.4) is 0 Å². The van der Waals surface area contributed by atoms with Crippen molar-refractivity contribution in [2.75, 3.05) is 51.4 Å². The van der Waals surface area contributed by atoms with Gasteiger partial charge in [-0.3, -0.25) is 14.3 Å². The van der Waals surface area contributed by atoms with Crippen LogP contribution in [0, 0.1) is 5.82 Å². The number of halogens is 4. The Labute approximate surface area is 258 Å². The number of piperazine rings is 1. The number of anilines is 1. The predicted molar refractivity (Wildman–Crippen MR) is 157 cm³/mol. The quantitative estimate of drug-likeness (QED) is 0.166. The van der Waals surface area contributed by atoms with Crippen molar-refractivity contribution in [3.63, 3.8) is 0 Å². The third-order valence-corrected chi connectivity index (χ3v) is 7.67. The van der Waals surface area contributed by atoms with Gasteiger partial charge in [0.1, 0.15) is 22.5 Å². The normalized spacial score (nSPS) is 14.0. The lowest BCUT2D eigenvalue weighted by Crippen LogP contribution is -2.49. The minimum atomic E-state index is -4.86. The number of rotatable bonds is 10. The maximum absolute atomic E-state index is 13.9. The lowest BCUT2D eigenvalue weighted by molar-refractivity contribution is -0.140. The number of hydrogen-bond donors (Lipinski definition) is 0. The topological polar surface area (TPSA) is 121 Å². The van der Waals surface area contributed by atoms with Gasteiger partial charge in [-0.1, -0.05) is 12.1 Å². The molecule has 0 radical (unpaired) electrons. The number of benzene rings is 2. The monoisotopic (exact) mass is 643 g/mol. The second-order valence-electron chi connectivity index (χ2n) is 10.6. The van der Waals surface area contributed by atoms with E-state index >= 15 is 0 Å². The number of amides is 1. The Morgan fingerprint density at radius 3 is 2.50 bits per heavy atom. The Kier molecular flexibility index (Phi) is 8.62. The van der Waals surface area contributed by atoms with Gasteiger partial charge < -0.3 is 23.7 Å². The molecule has 6 rings (SSSR count). The molecular weight excluding hydrogens is 614 g/mol. The number of methoxy groups -OCH3 is 1. The Bertz CT molecular complexity index is 1910. The van der Waals surface area contributed by atoms with Gasteiger partial charge in [-0.2, -0.15) is 28.4 Å². The molecule has 0 saturated carbocycles. The molecule has 3 aromatic heterocycles. The molecule has 2 aromatic carbocycles. The second kappa shape index (κ2) is 12.8. The molecule has 1 fully saturated rings. The first-order chi connectivity index (χ1) is 22.1. The number of carbonyl (C=O) groups is 1. The molecule has 5 aromatic rings. The second-order valence-corrected chi connectivity index (χ2v) is 10.6. The molecule has 242 valence electrons. The van der Waals surface area contributed by atoms with E-state index in [1.54, 1.807) is 29.2 Å². The van der Waals surface area contributed by atoms with Crippen molar-refractivity contribution in [1.82, 2.24) is 29.4 Å². The third-order valence-electron chi connectivity index (χ3n) is 7.67. The smallest absolute Gasteiger partial charge is 0.435 e. The molecule has 1 aliphatic heterocycles. The van der Waals surface area contributed by atoms with Gasteiger partial charge in [0, 0.05) is 32.2 Å². The number of alkyl halides is 3. The van der Waals surface area contributed by atoms with E-state index in [0.717, 1.165) is 9.36 Å². The Hall–Kier alpha value is -4.99. The zero-order valence-corrected chi connectivity index (χ0v) is 24.7. The van der Waals surface area contributed by atoms with E-state index in [1.165, 1.54) is 31.5 Å². The van der Waals surface area contributed by atoms with Crippen molar-refractivity contribution in [2.24, 2.45) is 0 Å². The number of ether oxygens (including phenoxy) is 2. The molecule has 0 spiro atoms. The highest BCUT2D eigenvalue weighted by Crippen LogP contribution is 2.32. The molecule has 0 atom stereocenters. The first kappa shape index (κ1) is 31.0. The van der Waals surface area contributed by atoms with Crippen LogP contribution in [-0.4, -0.2) is 81.9 Å². The standard InChI is InChI=1S/C30H29F4N7O5/c1-44-21-5-2-19(3-6-21)18-41-28(43)26-23(17-35-41)40(37-27(26)30(32,33)34)13-15-45-14-8-25(42)38-9-11-39(12-10-38)29-36-22-16-20(31)4-7-24(22)46-29/h2-7,16-17H,8-15,18H2,1H3. The average molecular weight is 644 g/mol. The summed E-state index contributed by atoms with van der Waals surface area (Å²) in [5.41, 5.74) is -0.725. The minimum Gasteiger partial charge on any atom is -0.497 e. The number of nitrogens with zero attached hydrogens (tertiary/aromatic N) is 7. The zero-order chi connectivity index (χ0) is 32.4. The van der Waals surface area contributed by atoms with Crippen LogP contribution in [-0.2, 0) is 28.8 Å². The van der Waals surface area contributed by atoms with E-state index in [9.17, 15) is 27.2 Å². The van der Waals surface area contributed by atoms with Gasteiger partial charge in [0.05, 0.1) is 51.5 Å². The van der Waals surface area contributed by atoms with E-state index in [-0.39, 0.29) is 44.1 Å². The van der Waals surface area contributed by atoms with E-state index in [4.69, 9.17) is 13.9 Å².